The molecule has 0 radical (unpaired) electrons. The maximum atomic E-state index is 12.6. The molecule has 3 atom stereocenters. The third-order valence-electron chi connectivity index (χ3n) is 6.54. The Bertz CT molecular complexity index is 1010. The Kier molecular flexibility index (Phi) is 7.47. The molecule has 2 amide bonds. The van der Waals surface area contributed by atoms with Crippen molar-refractivity contribution in [1.82, 2.24) is 10.6 Å². The molecule has 1 saturated heterocycles. The number of benzene rings is 2. The summed E-state index contributed by atoms with van der Waals surface area (Å²) in [5.74, 6) is -1.59. The van der Waals surface area contributed by atoms with Crippen molar-refractivity contribution in [3.63, 3.8) is 0 Å². The summed E-state index contributed by atoms with van der Waals surface area (Å²) >= 11 is 0. The molecule has 0 saturated carbocycles. The van der Waals surface area contributed by atoms with Gasteiger partial charge in [0.2, 0.25) is 5.91 Å². The average molecular weight is 467 g/mol. The minimum Gasteiger partial charge on any atom is -0.481 e. The second-order valence-corrected chi connectivity index (χ2v) is 9.00. The van der Waals surface area contributed by atoms with Gasteiger partial charge in [-0.15, -0.1) is 0 Å². The first-order chi connectivity index (χ1) is 16.4. The summed E-state index contributed by atoms with van der Waals surface area (Å²) in [5.41, 5.74) is 4.58. The van der Waals surface area contributed by atoms with Gasteiger partial charge in [0.15, 0.2) is 0 Å². The van der Waals surface area contributed by atoms with Gasteiger partial charge in [-0.25, -0.2) is 4.79 Å². The number of amides is 2. The smallest absolute Gasteiger partial charge is 0.407 e. The van der Waals surface area contributed by atoms with E-state index in [1.165, 1.54) is 0 Å². The highest BCUT2D eigenvalue weighted by Gasteiger charge is 2.36. The highest BCUT2D eigenvalue weighted by Crippen LogP contribution is 2.44. The number of hydrogen-bond acceptors (Lipinski definition) is 5. The Morgan fingerprint density at radius 2 is 1.71 bits per heavy atom. The van der Waals surface area contributed by atoms with Crippen LogP contribution in [-0.2, 0) is 19.1 Å². The van der Waals surface area contributed by atoms with E-state index in [4.69, 9.17) is 14.6 Å². The Morgan fingerprint density at radius 1 is 1.06 bits per heavy atom. The van der Waals surface area contributed by atoms with Crippen LogP contribution in [0.25, 0.3) is 11.1 Å². The number of carbonyl (C=O) groups excluding carboxylic acids is 2. The first-order valence-corrected chi connectivity index (χ1v) is 11.6. The first kappa shape index (κ1) is 23.8. The van der Waals surface area contributed by atoms with Crippen molar-refractivity contribution in [3.8, 4) is 11.1 Å². The molecule has 3 N–H and O–H groups in total. The van der Waals surface area contributed by atoms with Gasteiger partial charge in [0, 0.05) is 18.9 Å². The monoisotopic (exact) mass is 466 g/mol. The second-order valence-electron chi connectivity index (χ2n) is 9.00. The lowest BCUT2D eigenvalue weighted by atomic mass is 9.98. The van der Waals surface area contributed by atoms with Gasteiger partial charge in [-0.3, -0.25) is 9.59 Å². The largest absolute Gasteiger partial charge is 0.481 e. The Balaban J connectivity index is 1.29. The van der Waals surface area contributed by atoms with Crippen LogP contribution in [0, 0.1) is 11.8 Å². The SMILES string of the molecule is CC(CCC(=O)O)CNC(=O)C1COCC1NC(=O)OCC1c2ccccc2-c2ccccc21. The highest BCUT2D eigenvalue weighted by molar-refractivity contribution is 5.81. The molecular formula is C26H30N2O6. The summed E-state index contributed by atoms with van der Waals surface area (Å²) < 4.78 is 11.0. The number of carboxylic acid groups (broad SMARTS) is 1. The van der Waals surface area contributed by atoms with Crippen molar-refractivity contribution in [2.45, 2.75) is 31.7 Å². The number of rotatable bonds is 9. The molecule has 34 heavy (non-hydrogen) atoms. The zero-order chi connectivity index (χ0) is 24.1. The molecular weight excluding hydrogens is 436 g/mol. The molecule has 2 aliphatic rings. The van der Waals surface area contributed by atoms with Crippen LogP contribution in [0.2, 0.25) is 0 Å². The molecule has 8 nitrogen and oxygen atoms in total. The van der Waals surface area contributed by atoms with Crippen LogP contribution in [0.1, 0.15) is 36.8 Å². The first-order valence-electron chi connectivity index (χ1n) is 11.6. The predicted octanol–water partition coefficient (Wildman–Crippen LogP) is 3.16. The maximum Gasteiger partial charge on any atom is 0.407 e. The maximum absolute atomic E-state index is 12.6. The van der Waals surface area contributed by atoms with E-state index in [0.717, 1.165) is 22.3 Å². The quantitative estimate of drug-likeness (QED) is 0.523. The van der Waals surface area contributed by atoms with E-state index in [1.54, 1.807) is 0 Å². The van der Waals surface area contributed by atoms with Crippen molar-refractivity contribution in [3.05, 3.63) is 59.7 Å². The topological polar surface area (TPSA) is 114 Å². The molecule has 8 heteroatoms. The van der Waals surface area contributed by atoms with Gasteiger partial charge in [0.05, 0.1) is 25.2 Å². The summed E-state index contributed by atoms with van der Waals surface area (Å²) in [7, 11) is 0. The second kappa shape index (κ2) is 10.7. The highest BCUT2D eigenvalue weighted by atomic mass is 16.5. The van der Waals surface area contributed by atoms with Crippen LogP contribution in [0.4, 0.5) is 4.79 Å². The zero-order valence-electron chi connectivity index (χ0n) is 19.2. The summed E-state index contributed by atoms with van der Waals surface area (Å²) in [6.45, 7) is 2.91. The van der Waals surface area contributed by atoms with Crippen molar-refractivity contribution in [1.29, 1.82) is 0 Å². The molecule has 0 aromatic heterocycles. The number of aliphatic carboxylic acids is 1. The number of carboxylic acids is 1. The van der Waals surface area contributed by atoms with Gasteiger partial charge in [0.1, 0.15) is 6.61 Å². The molecule has 0 bridgehead atoms. The van der Waals surface area contributed by atoms with Crippen LogP contribution < -0.4 is 10.6 Å². The summed E-state index contributed by atoms with van der Waals surface area (Å²) in [6.07, 6.45) is -0.0294. The van der Waals surface area contributed by atoms with Crippen LogP contribution in [0.15, 0.2) is 48.5 Å². The summed E-state index contributed by atoms with van der Waals surface area (Å²) in [6, 6.07) is 15.8. The van der Waals surface area contributed by atoms with Crippen LogP contribution in [-0.4, -0.2) is 55.5 Å². The number of fused-ring (bicyclic) bond motifs is 3. The Morgan fingerprint density at radius 3 is 2.35 bits per heavy atom. The normalized spacial score (nSPS) is 19.7. The fourth-order valence-electron chi connectivity index (χ4n) is 4.62. The number of alkyl carbamates (subject to hydrolysis) is 1. The van der Waals surface area contributed by atoms with E-state index < -0.39 is 24.0 Å². The average Bonchev–Trinajstić information content (AvgIpc) is 3.42. The van der Waals surface area contributed by atoms with Crippen LogP contribution in [0.3, 0.4) is 0 Å². The van der Waals surface area contributed by atoms with E-state index in [1.807, 2.05) is 31.2 Å². The van der Waals surface area contributed by atoms with Gasteiger partial charge in [-0.2, -0.15) is 0 Å². The van der Waals surface area contributed by atoms with Gasteiger partial charge in [-0.05, 0) is 34.6 Å². The molecule has 4 rings (SSSR count). The predicted molar refractivity (Wildman–Crippen MR) is 125 cm³/mol. The van der Waals surface area contributed by atoms with Crippen molar-refractivity contribution >= 4 is 18.0 Å². The van der Waals surface area contributed by atoms with Gasteiger partial charge >= 0.3 is 12.1 Å². The molecule has 2 aromatic carbocycles. The standard InChI is InChI=1S/C26H30N2O6/c1-16(10-11-24(29)30)12-27-25(31)22-13-33-15-23(22)28-26(32)34-14-21-19-8-4-2-6-17(19)18-7-3-5-9-20(18)21/h2-9,16,21-23H,10-15H2,1H3,(H,27,31)(H,28,32)(H,29,30). The Labute approximate surface area is 198 Å². The molecule has 0 spiro atoms. The van der Waals surface area contributed by atoms with E-state index in [-0.39, 0.29) is 44.0 Å². The van der Waals surface area contributed by atoms with E-state index in [9.17, 15) is 14.4 Å². The van der Waals surface area contributed by atoms with Crippen molar-refractivity contribution in [2.75, 3.05) is 26.4 Å². The fourth-order valence-corrected chi connectivity index (χ4v) is 4.62. The van der Waals surface area contributed by atoms with Gasteiger partial charge in [0.25, 0.3) is 0 Å². The zero-order valence-corrected chi connectivity index (χ0v) is 19.2. The lowest BCUT2D eigenvalue weighted by Crippen LogP contribution is -2.47. The van der Waals surface area contributed by atoms with Gasteiger partial charge in [-0.1, -0.05) is 55.5 Å². The molecule has 1 heterocycles. The third kappa shape index (κ3) is 5.39. The lowest BCUT2D eigenvalue weighted by Gasteiger charge is -2.20. The van der Waals surface area contributed by atoms with Crippen LogP contribution in [0.5, 0.6) is 0 Å². The third-order valence-corrected chi connectivity index (χ3v) is 6.54. The van der Waals surface area contributed by atoms with Crippen molar-refractivity contribution < 1.29 is 29.0 Å². The number of carbonyl (C=O) groups is 3. The molecule has 2 aromatic rings. The number of hydrogen-bond donors (Lipinski definition) is 3. The molecule has 3 unspecified atom stereocenters. The lowest BCUT2D eigenvalue weighted by molar-refractivity contribution is -0.137. The van der Waals surface area contributed by atoms with Crippen molar-refractivity contribution in [2.24, 2.45) is 11.8 Å². The molecule has 1 aliphatic carbocycles. The number of nitrogens with one attached hydrogen (secondary N) is 2. The summed E-state index contributed by atoms with van der Waals surface area (Å²) in [5, 5.41) is 14.4. The van der Waals surface area contributed by atoms with Gasteiger partial charge < -0.3 is 25.2 Å². The van der Waals surface area contributed by atoms with E-state index >= 15 is 0 Å². The number of ether oxygens (including phenoxy) is 2. The fraction of sp³-hybridized carbons (Fsp3) is 0.423. The molecule has 180 valence electrons. The molecule has 1 aliphatic heterocycles. The Hall–Kier alpha value is -3.39. The molecule has 1 fully saturated rings. The minimum atomic E-state index is -0.852. The van der Waals surface area contributed by atoms with Crippen LogP contribution >= 0.6 is 0 Å². The minimum absolute atomic E-state index is 0.0376. The van der Waals surface area contributed by atoms with E-state index in [2.05, 4.69) is 34.9 Å². The summed E-state index contributed by atoms with van der Waals surface area (Å²) in [4.78, 5) is 35.9. The van der Waals surface area contributed by atoms with E-state index in [0.29, 0.717) is 13.0 Å².